The van der Waals surface area contributed by atoms with E-state index in [0.29, 0.717) is 18.8 Å². The van der Waals surface area contributed by atoms with Crippen LogP contribution in [0, 0.1) is 5.82 Å². The summed E-state index contributed by atoms with van der Waals surface area (Å²) in [5.74, 6) is 0.553. The number of benzene rings is 1. The lowest BCUT2D eigenvalue weighted by atomic mass is 10.2. The summed E-state index contributed by atoms with van der Waals surface area (Å²) in [5, 5.41) is 0. The van der Waals surface area contributed by atoms with E-state index in [4.69, 9.17) is 0 Å². The second kappa shape index (κ2) is 7.27. The van der Waals surface area contributed by atoms with Crippen LogP contribution in [-0.4, -0.2) is 60.0 Å². The summed E-state index contributed by atoms with van der Waals surface area (Å²) in [4.78, 5) is 27.5. The quantitative estimate of drug-likeness (QED) is 0.845. The minimum atomic E-state index is -0.236. The summed E-state index contributed by atoms with van der Waals surface area (Å²) in [6, 6.07) is 8.29. The average Bonchev–Trinajstić information content (AvgIpc) is 3.23. The third-order valence-corrected chi connectivity index (χ3v) is 5.06. The van der Waals surface area contributed by atoms with Crippen LogP contribution in [0.3, 0.4) is 0 Å². The van der Waals surface area contributed by atoms with Crippen LogP contribution in [0.25, 0.3) is 0 Å². The van der Waals surface area contributed by atoms with Crippen molar-refractivity contribution in [1.29, 1.82) is 0 Å². The van der Waals surface area contributed by atoms with Crippen LogP contribution in [0.15, 0.2) is 36.7 Å². The molecule has 0 spiro atoms. The van der Waals surface area contributed by atoms with Gasteiger partial charge in [-0.1, -0.05) is 0 Å². The van der Waals surface area contributed by atoms with Crippen molar-refractivity contribution >= 4 is 17.4 Å². The highest BCUT2D eigenvalue weighted by molar-refractivity contribution is 5.93. The van der Waals surface area contributed by atoms with Crippen molar-refractivity contribution < 1.29 is 9.18 Å². The van der Waals surface area contributed by atoms with Crippen molar-refractivity contribution in [1.82, 2.24) is 14.9 Å². The lowest BCUT2D eigenvalue weighted by Gasteiger charge is -2.36. The van der Waals surface area contributed by atoms with Crippen molar-refractivity contribution in [2.45, 2.75) is 12.8 Å². The Morgan fingerprint density at radius 2 is 1.58 bits per heavy atom. The van der Waals surface area contributed by atoms with E-state index in [1.807, 2.05) is 4.90 Å². The van der Waals surface area contributed by atoms with E-state index < -0.39 is 0 Å². The zero-order valence-electron chi connectivity index (χ0n) is 14.6. The summed E-state index contributed by atoms with van der Waals surface area (Å²) in [6.45, 7) is 4.67. The standard InChI is InChI=1S/C19H22FN5O/c20-15-3-5-16(6-4-15)23-9-11-25(12-10-23)19(26)17-13-18(22-14-21-17)24-7-1-2-8-24/h3-6,13-14H,1-2,7-12H2. The number of hydrogen-bond donors (Lipinski definition) is 0. The number of hydrogen-bond acceptors (Lipinski definition) is 5. The highest BCUT2D eigenvalue weighted by Crippen LogP contribution is 2.20. The maximum Gasteiger partial charge on any atom is 0.272 e. The molecule has 0 atom stereocenters. The number of amides is 1. The fraction of sp³-hybridized carbons (Fsp3) is 0.421. The van der Waals surface area contributed by atoms with Crippen LogP contribution in [0.2, 0.25) is 0 Å². The maximum atomic E-state index is 13.1. The molecule has 0 aliphatic carbocycles. The zero-order valence-corrected chi connectivity index (χ0v) is 14.6. The lowest BCUT2D eigenvalue weighted by Crippen LogP contribution is -2.49. The number of aromatic nitrogens is 2. The molecule has 6 nitrogen and oxygen atoms in total. The first kappa shape index (κ1) is 16.8. The zero-order chi connectivity index (χ0) is 17.9. The molecule has 1 aromatic carbocycles. The summed E-state index contributed by atoms with van der Waals surface area (Å²) in [7, 11) is 0. The third-order valence-electron chi connectivity index (χ3n) is 5.06. The molecule has 1 aromatic heterocycles. The number of rotatable bonds is 3. The molecule has 2 saturated heterocycles. The number of piperazine rings is 1. The molecule has 0 N–H and O–H groups in total. The van der Waals surface area contributed by atoms with Crippen LogP contribution in [0.5, 0.6) is 0 Å². The Morgan fingerprint density at radius 1 is 0.885 bits per heavy atom. The molecule has 0 saturated carbocycles. The summed E-state index contributed by atoms with van der Waals surface area (Å²) >= 11 is 0. The van der Waals surface area contributed by atoms with Gasteiger partial charge in [0.05, 0.1) is 0 Å². The second-order valence-corrected chi connectivity index (χ2v) is 6.71. The number of halogens is 1. The molecule has 7 heteroatoms. The van der Waals surface area contributed by atoms with Crippen molar-refractivity contribution in [3.63, 3.8) is 0 Å². The van der Waals surface area contributed by atoms with Crippen molar-refractivity contribution in [2.24, 2.45) is 0 Å². The maximum absolute atomic E-state index is 13.1. The summed E-state index contributed by atoms with van der Waals surface area (Å²) < 4.78 is 13.1. The smallest absolute Gasteiger partial charge is 0.272 e. The molecule has 136 valence electrons. The van der Waals surface area contributed by atoms with Gasteiger partial charge in [-0.05, 0) is 37.1 Å². The van der Waals surface area contributed by atoms with Crippen LogP contribution in [0.4, 0.5) is 15.9 Å². The molecule has 2 aromatic rings. The van der Waals surface area contributed by atoms with Crippen molar-refractivity contribution in [3.8, 4) is 0 Å². The van der Waals surface area contributed by atoms with Gasteiger partial charge in [0.1, 0.15) is 23.7 Å². The topological polar surface area (TPSA) is 52.6 Å². The lowest BCUT2D eigenvalue weighted by molar-refractivity contribution is 0.0740. The van der Waals surface area contributed by atoms with Gasteiger partial charge in [-0.2, -0.15) is 0 Å². The van der Waals surface area contributed by atoms with Crippen LogP contribution in [-0.2, 0) is 0 Å². The van der Waals surface area contributed by atoms with Gasteiger partial charge in [-0.15, -0.1) is 0 Å². The van der Waals surface area contributed by atoms with Gasteiger partial charge >= 0.3 is 0 Å². The Hall–Kier alpha value is -2.70. The van der Waals surface area contributed by atoms with Gasteiger partial charge in [0.15, 0.2) is 0 Å². The molecule has 1 amide bonds. The highest BCUT2D eigenvalue weighted by Gasteiger charge is 2.24. The Kier molecular flexibility index (Phi) is 4.69. The molecule has 0 bridgehead atoms. The van der Waals surface area contributed by atoms with Crippen LogP contribution >= 0.6 is 0 Å². The van der Waals surface area contributed by atoms with E-state index in [1.54, 1.807) is 18.2 Å². The fourth-order valence-electron chi connectivity index (χ4n) is 3.56. The van der Waals surface area contributed by atoms with Gasteiger partial charge in [0, 0.05) is 51.0 Å². The first-order chi connectivity index (χ1) is 12.7. The van der Waals surface area contributed by atoms with Gasteiger partial charge in [0.2, 0.25) is 0 Å². The Balaban J connectivity index is 1.40. The molecule has 26 heavy (non-hydrogen) atoms. The first-order valence-corrected chi connectivity index (χ1v) is 9.07. The third kappa shape index (κ3) is 3.47. The molecule has 3 heterocycles. The SMILES string of the molecule is O=C(c1cc(N2CCCC2)ncn1)N1CCN(c2ccc(F)cc2)CC1. The molecule has 0 radical (unpaired) electrons. The van der Waals surface area contributed by atoms with Crippen LogP contribution in [0.1, 0.15) is 23.3 Å². The van der Waals surface area contributed by atoms with Crippen LogP contribution < -0.4 is 9.80 Å². The Morgan fingerprint density at radius 3 is 2.27 bits per heavy atom. The predicted octanol–water partition coefficient (Wildman–Crippen LogP) is 2.18. The van der Waals surface area contributed by atoms with E-state index in [0.717, 1.165) is 37.7 Å². The second-order valence-electron chi connectivity index (χ2n) is 6.71. The predicted molar refractivity (Wildman–Crippen MR) is 98.0 cm³/mol. The molecular formula is C19H22FN5O. The molecule has 0 unspecified atom stereocenters. The van der Waals surface area contributed by atoms with Gasteiger partial charge < -0.3 is 14.7 Å². The number of carbonyl (C=O) groups is 1. The summed E-state index contributed by atoms with van der Waals surface area (Å²) in [5.41, 5.74) is 1.44. The monoisotopic (exact) mass is 355 g/mol. The van der Waals surface area contributed by atoms with E-state index in [2.05, 4.69) is 19.8 Å². The van der Waals surface area contributed by atoms with E-state index in [9.17, 15) is 9.18 Å². The van der Waals surface area contributed by atoms with Gasteiger partial charge in [-0.3, -0.25) is 4.79 Å². The molecule has 2 fully saturated rings. The minimum Gasteiger partial charge on any atom is -0.368 e. The largest absolute Gasteiger partial charge is 0.368 e. The van der Waals surface area contributed by atoms with E-state index >= 15 is 0 Å². The molecular weight excluding hydrogens is 333 g/mol. The molecule has 2 aliphatic heterocycles. The normalized spacial score (nSPS) is 17.7. The molecule has 2 aliphatic rings. The number of anilines is 2. The minimum absolute atomic E-state index is 0.0494. The first-order valence-electron chi connectivity index (χ1n) is 9.07. The number of nitrogens with zero attached hydrogens (tertiary/aromatic N) is 5. The van der Waals surface area contributed by atoms with Crippen molar-refractivity contribution in [3.05, 3.63) is 48.2 Å². The Bertz CT molecular complexity index is 768. The van der Waals surface area contributed by atoms with Gasteiger partial charge in [-0.25, -0.2) is 14.4 Å². The highest BCUT2D eigenvalue weighted by atomic mass is 19.1. The average molecular weight is 355 g/mol. The van der Waals surface area contributed by atoms with E-state index in [1.165, 1.54) is 31.3 Å². The van der Waals surface area contributed by atoms with E-state index in [-0.39, 0.29) is 11.7 Å². The Labute approximate surface area is 152 Å². The fourth-order valence-corrected chi connectivity index (χ4v) is 3.56. The summed E-state index contributed by atoms with van der Waals surface area (Å²) in [6.07, 6.45) is 3.81. The van der Waals surface area contributed by atoms with Gasteiger partial charge in [0.25, 0.3) is 5.91 Å². The number of carbonyl (C=O) groups excluding carboxylic acids is 1. The molecule has 4 rings (SSSR count). The van der Waals surface area contributed by atoms with Crippen molar-refractivity contribution in [2.75, 3.05) is 49.1 Å².